The van der Waals surface area contributed by atoms with Gasteiger partial charge in [-0.05, 0) is 72.9 Å². The molecule has 4 rings (SSSR count). The minimum atomic E-state index is -1.15. The number of aromatic nitrogens is 2. The second-order valence-electron chi connectivity index (χ2n) is 7.07. The first kappa shape index (κ1) is 20.9. The molecule has 2 aromatic carbocycles. The quantitative estimate of drug-likeness (QED) is 0.498. The summed E-state index contributed by atoms with van der Waals surface area (Å²) in [7, 11) is 2.05. The van der Waals surface area contributed by atoms with Gasteiger partial charge in [0.05, 0.1) is 16.9 Å². The lowest BCUT2D eigenvalue weighted by molar-refractivity contribution is 0.359. The van der Waals surface area contributed by atoms with E-state index in [1.54, 1.807) is 6.07 Å². The van der Waals surface area contributed by atoms with Crippen LogP contribution >= 0.6 is 22.6 Å². The molecule has 0 saturated carbocycles. The number of nitrogens with zero attached hydrogens (tertiary/aromatic N) is 4. The molecule has 1 aliphatic heterocycles. The molecule has 0 aliphatic carbocycles. The molecular weight excluding hydrogens is 510 g/mol. The molecule has 158 valence electrons. The SMILES string of the molecule is CN1CCCN(c2nnc(-c3ccc(F)c(F)c3Nc3ccc(I)cc3F)o2)CC1. The zero-order valence-corrected chi connectivity index (χ0v) is 18.3. The lowest BCUT2D eigenvalue weighted by Crippen LogP contribution is -2.28. The number of nitrogens with one attached hydrogen (secondary N) is 1. The summed E-state index contributed by atoms with van der Waals surface area (Å²) in [5, 5.41) is 10.7. The van der Waals surface area contributed by atoms with E-state index in [0.717, 1.165) is 38.7 Å². The van der Waals surface area contributed by atoms with Crippen molar-refractivity contribution in [1.29, 1.82) is 0 Å². The van der Waals surface area contributed by atoms with Crippen LogP contribution in [0.4, 0.5) is 30.6 Å². The van der Waals surface area contributed by atoms with Gasteiger partial charge in [-0.15, -0.1) is 5.10 Å². The third kappa shape index (κ3) is 4.38. The van der Waals surface area contributed by atoms with Gasteiger partial charge in [0.1, 0.15) is 5.82 Å². The van der Waals surface area contributed by atoms with Crippen LogP contribution in [0.3, 0.4) is 0 Å². The molecule has 0 amide bonds. The van der Waals surface area contributed by atoms with E-state index in [4.69, 9.17) is 4.42 Å². The second kappa shape index (κ2) is 8.80. The van der Waals surface area contributed by atoms with E-state index in [9.17, 15) is 13.2 Å². The van der Waals surface area contributed by atoms with Crippen molar-refractivity contribution in [3.05, 3.63) is 51.4 Å². The summed E-state index contributed by atoms with van der Waals surface area (Å²) in [6.45, 7) is 3.29. The van der Waals surface area contributed by atoms with Gasteiger partial charge < -0.3 is 19.5 Å². The van der Waals surface area contributed by atoms with Gasteiger partial charge in [-0.2, -0.15) is 0 Å². The van der Waals surface area contributed by atoms with Crippen molar-refractivity contribution >= 4 is 40.0 Å². The maximum absolute atomic E-state index is 14.6. The molecule has 30 heavy (non-hydrogen) atoms. The summed E-state index contributed by atoms with van der Waals surface area (Å²) in [6, 6.07) is 7.03. The average molecular weight is 529 g/mol. The normalized spacial score (nSPS) is 15.3. The Morgan fingerprint density at radius 2 is 1.83 bits per heavy atom. The molecule has 0 atom stereocenters. The van der Waals surface area contributed by atoms with Crippen molar-refractivity contribution < 1.29 is 17.6 Å². The standard InChI is InChI=1S/C20H19F3IN5O/c1-28-7-2-8-29(10-9-28)20-27-26-19(30-20)13-4-5-14(21)17(23)18(13)25-16-6-3-12(24)11-15(16)22/h3-6,11,25H,2,7-10H2,1H3. The minimum absolute atomic E-state index is 0.0106. The fourth-order valence-electron chi connectivity index (χ4n) is 3.27. The number of likely N-dealkylation sites (N-methyl/N-ethyl adjacent to an activating group) is 1. The Labute approximate surface area is 185 Å². The van der Waals surface area contributed by atoms with Gasteiger partial charge in [0.15, 0.2) is 11.6 Å². The van der Waals surface area contributed by atoms with Crippen LogP contribution in [0, 0.1) is 21.0 Å². The van der Waals surface area contributed by atoms with Crippen LogP contribution in [-0.2, 0) is 0 Å². The Balaban J connectivity index is 1.68. The summed E-state index contributed by atoms with van der Waals surface area (Å²) >= 11 is 1.97. The number of hydrogen-bond acceptors (Lipinski definition) is 6. The molecule has 1 aromatic heterocycles. The first-order chi connectivity index (χ1) is 14.4. The highest BCUT2D eigenvalue weighted by molar-refractivity contribution is 14.1. The number of rotatable bonds is 4. The van der Waals surface area contributed by atoms with Gasteiger partial charge in [-0.1, -0.05) is 5.10 Å². The van der Waals surface area contributed by atoms with E-state index in [2.05, 4.69) is 20.4 Å². The molecule has 6 nitrogen and oxygen atoms in total. The van der Waals surface area contributed by atoms with Crippen LogP contribution < -0.4 is 10.2 Å². The second-order valence-corrected chi connectivity index (χ2v) is 8.31. The first-order valence-electron chi connectivity index (χ1n) is 9.40. The predicted octanol–water partition coefficient (Wildman–Crippen LogP) is 4.64. The van der Waals surface area contributed by atoms with Gasteiger partial charge in [-0.25, -0.2) is 13.2 Å². The summed E-state index contributed by atoms with van der Waals surface area (Å²) in [5.74, 6) is -2.78. The van der Waals surface area contributed by atoms with E-state index in [1.807, 2.05) is 34.5 Å². The maximum Gasteiger partial charge on any atom is 0.318 e. The van der Waals surface area contributed by atoms with Gasteiger partial charge in [0, 0.05) is 23.2 Å². The van der Waals surface area contributed by atoms with E-state index in [-0.39, 0.29) is 22.8 Å². The molecule has 1 fully saturated rings. The molecule has 10 heteroatoms. The third-order valence-electron chi connectivity index (χ3n) is 4.92. The monoisotopic (exact) mass is 529 g/mol. The fourth-order valence-corrected chi connectivity index (χ4v) is 3.72. The Kier molecular flexibility index (Phi) is 6.14. The zero-order valence-electron chi connectivity index (χ0n) is 16.1. The van der Waals surface area contributed by atoms with Crippen LogP contribution in [0.15, 0.2) is 34.7 Å². The van der Waals surface area contributed by atoms with Crippen molar-refractivity contribution in [1.82, 2.24) is 15.1 Å². The average Bonchev–Trinajstić information content (AvgIpc) is 3.09. The van der Waals surface area contributed by atoms with Crippen LogP contribution in [0.2, 0.25) is 0 Å². The number of anilines is 3. The predicted molar refractivity (Wildman–Crippen MR) is 116 cm³/mol. The van der Waals surface area contributed by atoms with E-state index in [1.165, 1.54) is 18.2 Å². The fraction of sp³-hybridized carbons (Fsp3) is 0.300. The number of hydrogen-bond donors (Lipinski definition) is 1. The molecule has 3 aromatic rings. The number of halogens is 4. The molecular formula is C20H19F3IN5O. The first-order valence-corrected chi connectivity index (χ1v) is 10.5. The molecule has 0 bridgehead atoms. The van der Waals surface area contributed by atoms with Crippen LogP contribution in [0.5, 0.6) is 0 Å². The molecule has 0 spiro atoms. The molecule has 0 radical (unpaired) electrons. The van der Waals surface area contributed by atoms with Crippen LogP contribution in [0.1, 0.15) is 6.42 Å². The van der Waals surface area contributed by atoms with Gasteiger partial charge in [0.25, 0.3) is 5.89 Å². The molecule has 1 N–H and O–H groups in total. The lowest BCUT2D eigenvalue weighted by Gasteiger charge is -2.17. The molecule has 1 saturated heterocycles. The smallest absolute Gasteiger partial charge is 0.318 e. The van der Waals surface area contributed by atoms with Gasteiger partial charge in [0.2, 0.25) is 0 Å². The Morgan fingerprint density at radius 3 is 2.63 bits per heavy atom. The van der Waals surface area contributed by atoms with Crippen LogP contribution in [0.25, 0.3) is 11.5 Å². The molecule has 2 heterocycles. The Hall–Kier alpha value is -2.34. The summed E-state index contributed by atoms with van der Waals surface area (Å²) < 4.78 is 49.3. The third-order valence-corrected chi connectivity index (χ3v) is 5.59. The van der Waals surface area contributed by atoms with Gasteiger partial charge >= 0.3 is 6.01 Å². The van der Waals surface area contributed by atoms with Crippen molar-refractivity contribution in [2.24, 2.45) is 0 Å². The summed E-state index contributed by atoms with van der Waals surface area (Å²) in [5.41, 5.74) is -0.102. The topological polar surface area (TPSA) is 57.4 Å². The largest absolute Gasteiger partial charge is 0.403 e. The van der Waals surface area contributed by atoms with Crippen molar-refractivity contribution in [2.75, 3.05) is 43.4 Å². The lowest BCUT2D eigenvalue weighted by atomic mass is 10.1. The minimum Gasteiger partial charge on any atom is -0.403 e. The van der Waals surface area contributed by atoms with Crippen molar-refractivity contribution in [2.45, 2.75) is 6.42 Å². The highest BCUT2D eigenvalue weighted by Gasteiger charge is 2.23. The van der Waals surface area contributed by atoms with E-state index >= 15 is 0 Å². The van der Waals surface area contributed by atoms with Crippen LogP contribution in [-0.4, -0.2) is 48.3 Å². The van der Waals surface area contributed by atoms with E-state index in [0.29, 0.717) is 9.58 Å². The van der Waals surface area contributed by atoms with Crippen molar-refractivity contribution in [3.63, 3.8) is 0 Å². The molecule has 1 aliphatic rings. The Morgan fingerprint density at radius 1 is 1.00 bits per heavy atom. The summed E-state index contributed by atoms with van der Waals surface area (Å²) in [4.78, 5) is 4.18. The maximum atomic E-state index is 14.6. The van der Waals surface area contributed by atoms with E-state index < -0.39 is 17.5 Å². The Bertz CT molecular complexity index is 1060. The summed E-state index contributed by atoms with van der Waals surface area (Å²) in [6.07, 6.45) is 0.943. The highest BCUT2D eigenvalue weighted by Crippen LogP contribution is 2.35. The highest BCUT2D eigenvalue weighted by atomic mass is 127. The zero-order chi connectivity index (χ0) is 21.3. The van der Waals surface area contributed by atoms with Gasteiger partial charge in [-0.3, -0.25) is 0 Å². The van der Waals surface area contributed by atoms with Crippen molar-refractivity contribution in [3.8, 4) is 11.5 Å². The number of benzene rings is 2. The molecule has 0 unspecified atom stereocenters.